The van der Waals surface area contributed by atoms with Gasteiger partial charge < -0.3 is 10.6 Å². The van der Waals surface area contributed by atoms with Crippen LogP contribution in [0.5, 0.6) is 0 Å². The van der Waals surface area contributed by atoms with E-state index < -0.39 is 0 Å². The lowest BCUT2D eigenvalue weighted by atomic mass is 9.73. The molecule has 2 N–H and O–H groups in total. The molecule has 0 aromatic heterocycles. The van der Waals surface area contributed by atoms with Gasteiger partial charge >= 0.3 is 0 Å². The second-order valence-corrected chi connectivity index (χ2v) is 6.02. The molecule has 1 aromatic carbocycles. The molecular formula is C15H22N2. The van der Waals surface area contributed by atoms with Gasteiger partial charge in [-0.1, -0.05) is 23.8 Å². The van der Waals surface area contributed by atoms with Gasteiger partial charge in [-0.25, -0.2) is 0 Å². The molecule has 0 amide bonds. The molecule has 1 heterocycles. The monoisotopic (exact) mass is 230 g/mol. The molecule has 0 radical (unpaired) electrons. The predicted octanol–water partition coefficient (Wildman–Crippen LogP) is 2.26. The van der Waals surface area contributed by atoms with Gasteiger partial charge in [0.2, 0.25) is 0 Å². The van der Waals surface area contributed by atoms with Crippen LogP contribution in [0.3, 0.4) is 0 Å². The minimum atomic E-state index is 0.256. The second-order valence-electron chi connectivity index (χ2n) is 6.02. The van der Waals surface area contributed by atoms with Crippen LogP contribution in [-0.2, 0) is 6.42 Å². The summed E-state index contributed by atoms with van der Waals surface area (Å²) < 4.78 is 0. The molecule has 1 spiro atoms. The second kappa shape index (κ2) is 3.82. The van der Waals surface area contributed by atoms with Crippen LogP contribution < -0.4 is 5.73 Å². The van der Waals surface area contributed by atoms with Crippen molar-refractivity contribution < 1.29 is 0 Å². The summed E-state index contributed by atoms with van der Waals surface area (Å²) in [6.07, 6.45) is 3.69. The lowest BCUT2D eigenvalue weighted by Crippen LogP contribution is -2.42. The molecule has 92 valence electrons. The number of benzene rings is 1. The summed E-state index contributed by atoms with van der Waals surface area (Å²) in [6, 6.07) is 7.07. The van der Waals surface area contributed by atoms with E-state index in [1.54, 1.807) is 0 Å². The lowest BCUT2D eigenvalue weighted by Gasteiger charge is -2.41. The lowest BCUT2D eigenvalue weighted by molar-refractivity contribution is 0.106. The summed E-state index contributed by atoms with van der Waals surface area (Å²) in [5.41, 5.74) is 11.1. The van der Waals surface area contributed by atoms with Gasteiger partial charge in [-0.15, -0.1) is 0 Å². The number of hydrogen-bond acceptors (Lipinski definition) is 2. The molecule has 1 aliphatic carbocycles. The first-order valence-corrected chi connectivity index (χ1v) is 6.64. The van der Waals surface area contributed by atoms with Crippen molar-refractivity contribution in [3.8, 4) is 0 Å². The number of piperidine rings is 1. The molecule has 1 fully saturated rings. The highest BCUT2D eigenvalue weighted by atomic mass is 15.1. The average molecular weight is 230 g/mol. The number of likely N-dealkylation sites (tertiary alicyclic amines) is 1. The number of aryl methyl sites for hydroxylation is 1. The Morgan fingerprint density at radius 1 is 1.29 bits per heavy atom. The van der Waals surface area contributed by atoms with Crippen LogP contribution in [0.15, 0.2) is 18.2 Å². The van der Waals surface area contributed by atoms with Crippen molar-refractivity contribution in [2.75, 3.05) is 20.1 Å². The number of rotatable bonds is 0. The fourth-order valence-corrected chi connectivity index (χ4v) is 3.54. The van der Waals surface area contributed by atoms with Crippen molar-refractivity contribution in [3.63, 3.8) is 0 Å². The van der Waals surface area contributed by atoms with Gasteiger partial charge in [-0.2, -0.15) is 0 Å². The van der Waals surface area contributed by atoms with Crippen LogP contribution >= 0.6 is 0 Å². The summed E-state index contributed by atoms with van der Waals surface area (Å²) in [5.74, 6) is 0. The van der Waals surface area contributed by atoms with E-state index in [9.17, 15) is 0 Å². The van der Waals surface area contributed by atoms with E-state index in [2.05, 4.69) is 37.1 Å². The van der Waals surface area contributed by atoms with Crippen LogP contribution in [0.1, 0.15) is 35.6 Å². The fraction of sp³-hybridized carbons (Fsp3) is 0.600. The van der Waals surface area contributed by atoms with E-state index in [1.807, 2.05) is 0 Å². The standard InChI is InChI=1S/C15H22N2/c1-11-3-4-12-10-15(14(16)13(12)9-11)5-7-17(2)8-6-15/h3-4,9,14H,5-8,10,16H2,1-2H3/t14-/m0/s1. The average Bonchev–Trinajstić information content (AvgIpc) is 2.58. The molecule has 0 unspecified atom stereocenters. The van der Waals surface area contributed by atoms with E-state index in [-0.39, 0.29) is 6.04 Å². The normalized spacial score (nSPS) is 27.4. The quantitative estimate of drug-likeness (QED) is 0.741. The molecule has 2 heteroatoms. The van der Waals surface area contributed by atoms with Gasteiger partial charge in [-0.3, -0.25) is 0 Å². The Bertz CT molecular complexity index is 431. The summed E-state index contributed by atoms with van der Waals surface area (Å²) in [4.78, 5) is 2.42. The molecule has 1 aromatic rings. The molecular weight excluding hydrogens is 208 g/mol. The van der Waals surface area contributed by atoms with Crippen LogP contribution in [0.25, 0.3) is 0 Å². The van der Waals surface area contributed by atoms with Crippen molar-refractivity contribution in [2.45, 2.75) is 32.2 Å². The number of nitrogens with zero attached hydrogens (tertiary/aromatic N) is 1. The minimum absolute atomic E-state index is 0.256. The van der Waals surface area contributed by atoms with Crippen LogP contribution in [0, 0.1) is 12.3 Å². The summed E-state index contributed by atoms with van der Waals surface area (Å²) in [5, 5.41) is 0. The Morgan fingerprint density at radius 3 is 2.71 bits per heavy atom. The van der Waals surface area contributed by atoms with Gasteiger partial charge in [0.05, 0.1) is 0 Å². The summed E-state index contributed by atoms with van der Waals surface area (Å²) in [7, 11) is 2.21. The highest BCUT2D eigenvalue weighted by Crippen LogP contribution is 2.50. The maximum atomic E-state index is 6.55. The first-order valence-electron chi connectivity index (χ1n) is 6.64. The zero-order valence-electron chi connectivity index (χ0n) is 10.9. The van der Waals surface area contributed by atoms with Crippen molar-refractivity contribution >= 4 is 0 Å². The van der Waals surface area contributed by atoms with Crippen molar-refractivity contribution in [1.29, 1.82) is 0 Å². The third kappa shape index (κ3) is 1.71. The van der Waals surface area contributed by atoms with E-state index in [0.29, 0.717) is 5.41 Å². The van der Waals surface area contributed by atoms with Gasteiger partial charge in [0.25, 0.3) is 0 Å². The van der Waals surface area contributed by atoms with Gasteiger partial charge in [0.1, 0.15) is 0 Å². The molecule has 0 saturated carbocycles. The molecule has 2 aliphatic rings. The van der Waals surface area contributed by atoms with E-state index >= 15 is 0 Å². The van der Waals surface area contributed by atoms with Crippen LogP contribution in [-0.4, -0.2) is 25.0 Å². The molecule has 0 bridgehead atoms. The van der Waals surface area contributed by atoms with E-state index in [4.69, 9.17) is 5.73 Å². The zero-order valence-corrected chi connectivity index (χ0v) is 10.9. The SMILES string of the molecule is Cc1ccc2c(c1)[C@H](N)C1(CCN(C)CC1)C2. The van der Waals surface area contributed by atoms with Gasteiger partial charge in [0, 0.05) is 6.04 Å². The largest absolute Gasteiger partial charge is 0.323 e. The first kappa shape index (κ1) is 11.2. The third-order valence-electron chi connectivity index (χ3n) is 4.82. The topological polar surface area (TPSA) is 29.3 Å². The highest BCUT2D eigenvalue weighted by Gasteiger charge is 2.45. The Labute approximate surface area is 104 Å². The van der Waals surface area contributed by atoms with E-state index in [1.165, 1.54) is 49.0 Å². The predicted molar refractivity (Wildman–Crippen MR) is 71.0 cm³/mol. The minimum Gasteiger partial charge on any atom is -0.323 e. The smallest absolute Gasteiger partial charge is 0.0359 e. The number of hydrogen-bond donors (Lipinski definition) is 1. The van der Waals surface area contributed by atoms with Crippen molar-refractivity contribution in [1.82, 2.24) is 4.90 Å². The van der Waals surface area contributed by atoms with Crippen molar-refractivity contribution in [3.05, 3.63) is 34.9 Å². The molecule has 2 nitrogen and oxygen atoms in total. The molecule has 1 aliphatic heterocycles. The molecule has 1 saturated heterocycles. The summed E-state index contributed by atoms with van der Waals surface area (Å²) >= 11 is 0. The van der Waals surface area contributed by atoms with Gasteiger partial charge in [-0.05, 0) is 62.9 Å². The first-order chi connectivity index (χ1) is 8.11. The third-order valence-corrected chi connectivity index (χ3v) is 4.82. The van der Waals surface area contributed by atoms with E-state index in [0.717, 1.165) is 0 Å². The Balaban J connectivity index is 1.93. The number of nitrogens with two attached hydrogens (primary N) is 1. The summed E-state index contributed by atoms with van der Waals surface area (Å²) in [6.45, 7) is 4.55. The van der Waals surface area contributed by atoms with Crippen LogP contribution in [0.2, 0.25) is 0 Å². The Hall–Kier alpha value is -0.860. The molecule has 17 heavy (non-hydrogen) atoms. The highest BCUT2D eigenvalue weighted by molar-refractivity contribution is 5.40. The van der Waals surface area contributed by atoms with Crippen LogP contribution in [0.4, 0.5) is 0 Å². The number of fused-ring (bicyclic) bond motifs is 1. The van der Waals surface area contributed by atoms with Crippen molar-refractivity contribution in [2.24, 2.45) is 11.1 Å². The molecule has 1 atom stereocenters. The Kier molecular flexibility index (Phi) is 2.53. The zero-order chi connectivity index (χ0) is 12.0. The van der Waals surface area contributed by atoms with Gasteiger partial charge in [0.15, 0.2) is 0 Å². The maximum Gasteiger partial charge on any atom is 0.0359 e. The Morgan fingerprint density at radius 2 is 2.00 bits per heavy atom. The molecule has 3 rings (SSSR count). The maximum absolute atomic E-state index is 6.55. The fourth-order valence-electron chi connectivity index (χ4n) is 3.54.